The summed E-state index contributed by atoms with van der Waals surface area (Å²) >= 11 is 0. The van der Waals surface area contributed by atoms with Gasteiger partial charge >= 0.3 is 0 Å². The van der Waals surface area contributed by atoms with E-state index in [2.05, 4.69) is 0 Å². The second-order valence-corrected chi connectivity index (χ2v) is 4.26. The highest BCUT2D eigenvalue weighted by molar-refractivity contribution is 5.91. The number of hydrogen-bond donors (Lipinski definition) is 1. The van der Waals surface area contributed by atoms with Crippen LogP contribution in [0.25, 0.3) is 10.8 Å². The van der Waals surface area contributed by atoms with Gasteiger partial charge in [0.15, 0.2) is 0 Å². The first-order chi connectivity index (χ1) is 9.13. The summed E-state index contributed by atoms with van der Waals surface area (Å²) in [5.74, 6) is -1.04. The number of carbonyl (C=O) groups excluding carboxylic acids is 1. The summed E-state index contributed by atoms with van der Waals surface area (Å²) < 4.78 is 5.16. The number of carboxylic acids is 1. The summed E-state index contributed by atoms with van der Waals surface area (Å²) in [6.45, 7) is 2.06. The van der Waals surface area contributed by atoms with Crippen molar-refractivity contribution in [3.05, 3.63) is 42.0 Å². The molecule has 2 aromatic carbocycles. The number of aromatic hydroxyl groups is 1. The molecule has 4 heteroatoms. The van der Waals surface area contributed by atoms with E-state index in [9.17, 15) is 15.0 Å². The van der Waals surface area contributed by atoms with E-state index in [1.54, 1.807) is 25.1 Å². The summed E-state index contributed by atoms with van der Waals surface area (Å²) in [6, 6.07) is 10.6. The Kier molecular flexibility index (Phi) is 4.02. The summed E-state index contributed by atoms with van der Waals surface area (Å²) in [6.07, 6.45) is -0.755. The van der Waals surface area contributed by atoms with Crippen LogP contribution < -0.4 is 5.11 Å². The van der Waals surface area contributed by atoms with Gasteiger partial charge < -0.3 is 19.7 Å². The summed E-state index contributed by atoms with van der Waals surface area (Å²) in [7, 11) is 0. The molecule has 0 aliphatic rings. The molecule has 2 rings (SSSR count). The minimum Gasteiger partial charge on any atom is -0.547 e. The third-order valence-electron chi connectivity index (χ3n) is 3.03. The van der Waals surface area contributed by atoms with E-state index in [1.807, 2.05) is 18.2 Å². The number of rotatable bonds is 5. The van der Waals surface area contributed by atoms with Gasteiger partial charge in [-0.05, 0) is 23.9 Å². The van der Waals surface area contributed by atoms with Gasteiger partial charge in [0.1, 0.15) is 11.9 Å². The number of phenolic OH excluding ortho intramolecular Hbond substituents is 1. The van der Waals surface area contributed by atoms with E-state index < -0.39 is 12.1 Å². The van der Waals surface area contributed by atoms with Crippen LogP contribution in [0.15, 0.2) is 36.4 Å². The average Bonchev–Trinajstić information content (AvgIpc) is 2.41. The highest BCUT2D eigenvalue weighted by Crippen LogP contribution is 2.28. The maximum Gasteiger partial charge on any atom is 0.123 e. The summed E-state index contributed by atoms with van der Waals surface area (Å²) in [4.78, 5) is 11.0. The highest BCUT2D eigenvalue weighted by atomic mass is 16.5. The standard InChI is InChI=1S/C15H16O4/c1-2-19-14(15(17)18)9-10-7-8-13(16)12-6-4-3-5-11(10)12/h3-8,14,16H,2,9H2,1H3,(H,17,18)/p-1. The number of carbonyl (C=O) groups is 1. The van der Waals surface area contributed by atoms with Crippen molar-refractivity contribution in [3.8, 4) is 5.75 Å². The fourth-order valence-corrected chi connectivity index (χ4v) is 2.13. The molecule has 0 saturated carbocycles. The molecule has 0 amide bonds. The Bertz CT molecular complexity index is 592. The molecule has 0 spiro atoms. The topological polar surface area (TPSA) is 69.6 Å². The van der Waals surface area contributed by atoms with Crippen LogP contribution in [0.3, 0.4) is 0 Å². The molecule has 1 atom stereocenters. The second kappa shape index (κ2) is 5.71. The first-order valence-electron chi connectivity index (χ1n) is 6.15. The van der Waals surface area contributed by atoms with Crippen LogP contribution in [-0.4, -0.2) is 23.8 Å². The molecular weight excluding hydrogens is 244 g/mol. The van der Waals surface area contributed by atoms with E-state index in [-0.39, 0.29) is 12.2 Å². The van der Waals surface area contributed by atoms with Gasteiger partial charge in [-0.1, -0.05) is 30.3 Å². The Balaban J connectivity index is 2.40. The molecule has 0 radical (unpaired) electrons. The van der Waals surface area contributed by atoms with E-state index >= 15 is 0 Å². The first kappa shape index (κ1) is 13.4. The molecule has 0 aromatic heterocycles. The van der Waals surface area contributed by atoms with Crippen molar-refractivity contribution in [3.63, 3.8) is 0 Å². The average molecular weight is 259 g/mol. The molecule has 4 nitrogen and oxygen atoms in total. The van der Waals surface area contributed by atoms with Gasteiger partial charge in [0.2, 0.25) is 0 Å². The molecule has 19 heavy (non-hydrogen) atoms. The van der Waals surface area contributed by atoms with Crippen molar-refractivity contribution < 1.29 is 19.7 Å². The van der Waals surface area contributed by atoms with Gasteiger partial charge in [-0.25, -0.2) is 0 Å². The predicted molar refractivity (Wildman–Crippen MR) is 69.7 cm³/mol. The third kappa shape index (κ3) is 2.85. The third-order valence-corrected chi connectivity index (χ3v) is 3.03. The van der Waals surface area contributed by atoms with Crippen molar-refractivity contribution in [2.45, 2.75) is 19.4 Å². The summed E-state index contributed by atoms with van der Waals surface area (Å²) in [5.41, 5.74) is 0.816. The van der Waals surface area contributed by atoms with Crippen molar-refractivity contribution in [1.29, 1.82) is 0 Å². The Morgan fingerprint density at radius 3 is 2.58 bits per heavy atom. The predicted octanol–water partition coefficient (Wildman–Crippen LogP) is 1.24. The van der Waals surface area contributed by atoms with Crippen LogP contribution in [0.5, 0.6) is 5.75 Å². The number of benzene rings is 2. The molecule has 1 N–H and O–H groups in total. The second-order valence-electron chi connectivity index (χ2n) is 4.26. The smallest absolute Gasteiger partial charge is 0.123 e. The van der Waals surface area contributed by atoms with E-state index in [4.69, 9.17) is 4.74 Å². The monoisotopic (exact) mass is 259 g/mol. The number of carboxylic acid groups (broad SMARTS) is 1. The fourth-order valence-electron chi connectivity index (χ4n) is 2.13. The van der Waals surface area contributed by atoms with E-state index in [0.717, 1.165) is 10.9 Å². The van der Waals surface area contributed by atoms with Gasteiger partial charge in [0.25, 0.3) is 0 Å². The van der Waals surface area contributed by atoms with Crippen molar-refractivity contribution in [2.75, 3.05) is 6.61 Å². The van der Waals surface area contributed by atoms with Crippen LogP contribution in [0.2, 0.25) is 0 Å². The van der Waals surface area contributed by atoms with Gasteiger partial charge in [-0.15, -0.1) is 0 Å². The van der Waals surface area contributed by atoms with Crippen LogP contribution in [0, 0.1) is 0 Å². The molecule has 0 heterocycles. The molecule has 1 unspecified atom stereocenters. The molecule has 0 bridgehead atoms. The molecule has 0 fully saturated rings. The van der Waals surface area contributed by atoms with Crippen LogP contribution in [-0.2, 0) is 16.0 Å². The molecule has 0 saturated heterocycles. The number of ether oxygens (including phenoxy) is 1. The van der Waals surface area contributed by atoms with Gasteiger partial charge in [-0.2, -0.15) is 0 Å². The lowest BCUT2D eigenvalue weighted by molar-refractivity contribution is -0.316. The Morgan fingerprint density at radius 1 is 1.26 bits per heavy atom. The number of aliphatic carboxylic acids is 1. The largest absolute Gasteiger partial charge is 0.547 e. The fraction of sp³-hybridized carbons (Fsp3) is 0.267. The van der Waals surface area contributed by atoms with Gasteiger partial charge in [-0.3, -0.25) is 0 Å². The maximum atomic E-state index is 11.0. The quantitative estimate of drug-likeness (QED) is 0.877. The van der Waals surface area contributed by atoms with E-state index in [1.165, 1.54) is 0 Å². The first-order valence-corrected chi connectivity index (χ1v) is 6.15. The number of fused-ring (bicyclic) bond motifs is 1. The molecular formula is C15H15O4-. The Hall–Kier alpha value is -2.07. The van der Waals surface area contributed by atoms with Crippen LogP contribution in [0.4, 0.5) is 0 Å². The van der Waals surface area contributed by atoms with Crippen molar-refractivity contribution in [1.82, 2.24) is 0 Å². The maximum absolute atomic E-state index is 11.0. The van der Waals surface area contributed by atoms with E-state index in [0.29, 0.717) is 12.0 Å². The normalized spacial score (nSPS) is 12.5. The molecule has 0 aliphatic heterocycles. The molecule has 0 aliphatic carbocycles. The number of hydrogen-bond acceptors (Lipinski definition) is 4. The van der Waals surface area contributed by atoms with Gasteiger partial charge in [0, 0.05) is 18.4 Å². The minimum atomic E-state index is -1.22. The minimum absolute atomic E-state index is 0.181. The Labute approximate surface area is 111 Å². The van der Waals surface area contributed by atoms with Crippen molar-refractivity contribution in [2.24, 2.45) is 0 Å². The van der Waals surface area contributed by atoms with Crippen molar-refractivity contribution >= 4 is 16.7 Å². The van der Waals surface area contributed by atoms with Gasteiger partial charge in [0.05, 0.1) is 5.97 Å². The molecule has 2 aromatic rings. The number of phenols is 1. The lowest BCUT2D eigenvalue weighted by atomic mass is 9.99. The lowest BCUT2D eigenvalue weighted by Crippen LogP contribution is -2.39. The SMILES string of the molecule is CCOC(Cc1ccc(O)c2ccccc12)C(=O)[O-]. The Morgan fingerprint density at radius 2 is 1.95 bits per heavy atom. The highest BCUT2D eigenvalue weighted by Gasteiger charge is 2.13. The zero-order valence-electron chi connectivity index (χ0n) is 10.6. The van der Waals surface area contributed by atoms with Crippen LogP contribution in [0.1, 0.15) is 12.5 Å². The zero-order chi connectivity index (χ0) is 13.8. The summed E-state index contributed by atoms with van der Waals surface area (Å²) in [5, 5.41) is 22.3. The lowest BCUT2D eigenvalue weighted by Gasteiger charge is -2.19. The molecule has 100 valence electrons. The zero-order valence-corrected chi connectivity index (χ0v) is 10.6. The van der Waals surface area contributed by atoms with Crippen LogP contribution >= 0.6 is 0 Å².